The SMILES string of the molecule is NC(=O)CN1C[C@H]2CC[C@@H]1CN(Cc1ccccc1)C2. The van der Waals surface area contributed by atoms with Gasteiger partial charge in [0.2, 0.25) is 5.91 Å². The smallest absolute Gasteiger partial charge is 0.231 e. The number of fused-ring (bicyclic) bond motifs is 4. The molecular weight excluding hydrogens is 250 g/mol. The summed E-state index contributed by atoms with van der Waals surface area (Å²) in [6.45, 7) is 4.65. The molecule has 3 heterocycles. The molecule has 0 saturated carbocycles. The van der Waals surface area contributed by atoms with E-state index in [4.69, 9.17) is 5.73 Å². The van der Waals surface area contributed by atoms with Crippen LogP contribution >= 0.6 is 0 Å². The Labute approximate surface area is 120 Å². The maximum atomic E-state index is 11.2. The van der Waals surface area contributed by atoms with Gasteiger partial charge in [-0.3, -0.25) is 14.6 Å². The zero-order valence-corrected chi connectivity index (χ0v) is 11.9. The summed E-state index contributed by atoms with van der Waals surface area (Å²) in [6.07, 6.45) is 2.48. The lowest BCUT2D eigenvalue weighted by molar-refractivity contribution is -0.120. The Hall–Kier alpha value is -1.39. The van der Waals surface area contributed by atoms with Crippen LogP contribution in [0.4, 0.5) is 0 Å². The standard InChI is InChI=1S/C16H23N3O/c17-16(20)12-19-10-14-6-7-15(19)11-18(9-14)8-13-4-2-1-3-5-13/h1-5,14-15H,6-12H2,(H2,17,20)/t14-,15+/m0/s1. The fourth-order valence-electron chi connectivity index (χ4n) is 3.64. The Morgan fingerprint density at radius 2 is 1.95 bits per heavy atom. The fraction of sp³-hybridized carbons (Fsp3) is 0.562. The first-order valence-electron chi connectivity index (χ1n) is 7.49. The maximum Gasteiger partial charge on any atom is 0.231 e. The Morgan fingerprint density at radius 3 is 2.70 bits per heavy atom. The summed E-state index contributed by atoms with van der Waals surface area (Å²) in [5.74, 6) is 0.476. The molecule has 1 aromatic rings. The number of carbonyl (C=O) groups excluding carboxylic acids is 1. The van der Waals surface area contributed by atoms with Gasteiger partial charge in [0, 0.05) is 32.2 Å². The number of amides is 1. The van der Waals surface area contributed by atoms with E-state index in [0.29, 0.717) is 18.5 Å². The van der Waals surface area contributed by atoms with Gasteiger partial charge in [0.1, 0.15) is 0 Å². The Balaban J connectivity index is 1.66. The Morgan fingerprint density at radius 1 is 1.15 bits per heavy atom. The van der Waals surface area contributed by atoms with Crippen molar-refractivity contribution in [3.05, 3.63) is 35.9 Å². The van der Waals surface area contributed by atoms with Crippen LogP contribution in [0, 0.1) is 5.92 Å². The normalized spacial score (nSPS) is 27.4. The molecular formula is C16H23N3O. The van der Waals surface area contributed by atoms with Crippen LogP contribution in [0.2, 0.25) is 0 Å². The monoisotopic (exact) mass is 273 g/mol. The lowest BCUT2D eigenvalue weighted by atomic mass is 9.95. The molecule has 3 aliphatic heterocycles. The van der Waals surface area contributed by atoms with Gasteiger partial charge in [0.25, 0.3) is 0 Å². The second-order valence-corrected chi connectivity index (χ2v) is 6.17. The molecule has 1 aromatic carbocycles. The number of hydrogen-bond donors (Lipinski definition) is 1. The van der Waals surface area contributed by atoms with Gasteiger partial charge in [-0.15, -0.1) is 0 Å². The van der Waals surface area contributed by atoms with Crippen molar-refractivity contribution < 1.29 is 4.79 Å². The van der Waals surface area contributed by atoms with Gasteiger partial charge < -0.3 is 5.73 Å². The zero-order chi connectivity index (χ0) is 13.9. The van der Waals surface area contributed by atoms with E-state index in [1.807, 2.05) is 0 Å². The van der Waals surface area contributed by atoms with E-state index in [-0.39, 0.29) is 5.91 Å². The molecule has 2 bridgehead atoms. The van der Waals surface area contributed by atoms with Crippen LogP contribution in [0.3, 0.4) is 0 Å². The van der Waals surface area contributed by atoms with E-state index < -0.39 is 0 Å². The van der Waals surface area contributed by atoms with E-state index in [9.17, 15) is 4.79 Å². The van der Waals surface area contributed by atoms with Crippen molar-refractivity contribution >= 4 is 5.91 Å². The van der Waals surface area contributed by atoms with E-state index in [1.54, 1.807) is 0 Å². The van der Waals surface area contributed by atoms with Crippen LogP contribution in [0.25, 0.3) is 0 Å². The van der Waals surface area contributed by atoms with E-state index >= 15 is 0 Å². The first kappa shape index (κ1) is 13.6. The lowest BCUT2D eigenvalue weighted by Crippen LogP contribution is -2.47. The van der Waals surface area contributed by atoms with Gasteiger partial charge in [-0.25, -0.2) is 0 Å². The highest BCUT2D eigenvalue weighted by atomic mass is 16.1. The third-order valence-electron chi connectivity index (χ3n) is 4.51. The summed E-state index contributed by atoms with van der Waals surface area (Å²) >= 11 is 0. The molecule has 2 atom stereocenters. The number of rotatable bonds is 4. The largest absolute Gasteiger partial charge is 0.369 e. The van der Waals surface area contributed by atoms with Gasteiger partial charge in [0.15, 0.2) is 0 Å². The predicted molar refractivity (Wildman–Crippen MR) is 79.0 cm³/mol. The van der Waals surface area contributed by atoms with Crippen LogP contribution < -0.4 is 5.73 Å². The average Bonchev–Trinajstić information content (AvgIpc) is 2.69. The van der Waals surface area contributed by atoms with Crippen LogP contribution in [-0.4, -0.2) is 47.9 Å². The summed E-state index contributed by atoms with van der Waals surface area (Å²) in [4.78, 5) is 16.0. The number of carbonyl (C=O) groups is 1. The molecule has 0 radical (unpaired) electrons. The minimum Gasteiger partial charge on any atom is -0.369 e. The number of nitrogens with two attached hydrogens (primary N) is 1. The van der Waals surface area contributed by atoms with Crippen molar-refractivity contribution in [3.63, 3.8) is 0 Å². The molecule has 0 aromatic heterocycles. The van der Waals surface area contributed by atoms with Crippen LogP contribution in [0.1, 0.15) is 18.4 Å². The molecule has 0 unspecified atom stereocenters. The van der Waals surface area contributed by atoms with Gasteiger partial charge in [-0.05, 0) is 24.3 Å². The van der Waals surface area contributed by atoms with Crippen molar-refractivity contribution in [3.8, 4) is 0 Å². The summed E-state index contributed by atoms with van der Waals surface area (Å²) in [5, 5.41) is 0. The maximum absolute atomic E-state index is 11.2. The van der Waals surface area contributed by atoms with Crippen LogP contribution in [-0.2, 0) is 11.3 Å². The van der Waals surface area contributed by atoms with Crippen LogP contribution in [0.15, 0.2) is 30.3 Å². The minimum atomic E-state index is -0.202. The zero-order valence-electron chi connectivity index (χ0n) is 11.9. The first-order chi connectivity index (χ1) is 9.70. The molecule has 4 rings (SSSR count). The van der Waals surface area contributed by atoms with Gasteiger partial charge in [0.05, 0.1) is 6.54 Å². The molecule has 108 valence electrons. The third kappa shape index (κ3) is 3.19. The molecule has 3 saturated heterocycles. The highest BCUT2D eigenvalue weighted by Crippen LogP contribution is 2.28. The molecule has 4 heteroatoms. The second-order valence-electron chi connectivity index (χ2n) is 6.17. The molecule has 0 aliphatic carbocycles. The van der Waals surface area contributed by atoms with Crippen molar-refractivity contribution in [2.45, 2.75) is 25.4 Å². The van der Waals surface area contributed by atoms with Gasteiger partial charge >= 0.3 is 0 Å². The topological polar surface area (TPSA) is 49.6 Å². The summed E-state index contributed by atoms with van der Waals surface area (Å²) < 4.78 is 0. The number of piperidine rings is 1. The third-order valence-corrected chi connectivity index (χ3v) is 4.51. The molecule has 20 heavy (non-hydrogen) atoms. The lowest BCUT2D eigenvalue weighted by Gasteiger charge is -2.35. The molecule has 3 fully saturated rings. The molecule has 2 N–H and O–H groups in total. The molecule has 4 nitrogen and oxygen atoms in total. The number of nitrogens with zero attached hydrogens (tertiary/aromatic N) is 2. The highest BCUT2D eigenvalue weighted by Gasteiger charge is 2.35. The quantitative estimate of drug-likeness (QED) is 0.892. The molecule has 3 aliphatic rings. The van der Waals surface area contributed by atoms with Gasteiger partial charge in [-0.1, -0.05) is 30.3 Å². The predicted octanol–water partition coefficient (Wildman–Crippen LogP) is 1.07. The second kappa shape index (κ2) is 5.94. The van der Waals surface area contributed by atoms with E-state index in [2.05, 4.69) is 40.1 Å². The number of hydrogen-bond acceptors (Lipinski definition) is 3. The average molecular weight is 273 g/mol. The van der Waals surface area contributed by atoms with Gasteiger partial charge in [-0.2, -0.15) is 0 Å². The highest BCUT2D eigenvalue weighted by molar-refractivity contribution is 5.76. The van der Waals surface area contributed by atoms with Crippen molar-refractivity contribution in [2.75, 3.05) is 26.2 Å². The molecule has 0 spiro atoms. The Kier molecular flexibility index (Phi) is 4.03. The van der Waals surface area contributed by atoms with Crippen LogP contribution in [0.5, 0.6) is 0 Å². The summed E-state index contributed by atoms with van der Waals surface area (Å²) in [5.41, 5.74) is 6.74. The van der Waals surface area contributed by atoms with E-state index in [0.717, 1.165) is 26.2 Å². The molecule has 1 amide bonds. The Bertz CT molecular complexity index is 462. The summed E-state index contributed by atoms with van der Waals surface area (Å²) in [6, 6.07) is 11.1. The van der Waals surface area contributed by atoms with Crippen molar-refractivity contribution in [1.82, 2.24) is 9.80 Å². The summed E-state index contributed by atoms with van der Waals surface area (Å²) in [7, 11) is 0. The van der Waals surface area contributed by atoms with Crippen molar-refractivity contribution in [1.29, 1.82) is 0 Å². The fourth-order valence-corrected chi connectivity index (χ4v) is 3.64. The number of benzene rings is 1. The minimum absolute atomic E-state index is 0.202. The first-order valence-corrected chi connectivity index (χ1v) is 7.49. The number of primary amides is 1. The van der Waals surface area contributed by atoms with Crippen molar-refractivity contribution in [2.24, 2.45) is 11.7 Å². The van der Waals surface area contributed by atoms with E-state index in [1.165, 1.54) is 18.4 Å².